The third-order valence-electron chi connectivity index (χ3n) is 3.66. The molecule has 0 aliphatic carbocycles. The van der Waals surface area contributed by atoms with Gasteiger partial charge in [0.2, 0.25) is 0 Å². The van der Waals surface area contributed by atoms with Crippen molar-refractivity contribution in [3.8, 4) is 0 Å². The third-order valence-corrected chi connectivity index (χ3v) is 4.24. The molecular weight excluding hydrogens is 342 g/mol. The van der Waals surface area contributed by atoms with Gasteiger partial charge in [0.1, 0.15) is 11.9 Å². The molecule has 1 saturated heterocycles. The fourth-order valence-corrected chi connectivity index (χ4v) is 3.27. The van der Waals surface area contributed by atoms with Gasteiger partial charge in [-0.15, -0.1) is 0 Å². The summed E-state index contributed by atoms with van der Waals surface area (Å²) in [6.45, 7) is 0.688. The average molecular weight is 358 g/mol. The first kappa shape index (κ1) is 15.7. The molecule has 114 valence electrons. The number of hydrogen-bond acceptors (Lipinski definition) is 5. The highest BCUT2D eigenvalue weighted by atomic mass is 79.9. The maximum absolute atomic E-state index is 11.2. The SMILES string of the molecule is O=C(O)CCC1CCCCN1c1c(Br)cncc1[N+](=O)[O-]. The van der Waals surface area contributed by atoms with E-state index in [-0.39, 0.29) is 18.2 Å². The lowest BCUT2D eigenvalue weighted by Crippen LogP contribution is -2.40. The van der Waals surface area contributed by atoms with Gasteiger partial charge in [0, 0.05) is 25.2 Å². The molecule has 21 heavy (non-hydrogen) atoms. The summed E-state index contributed by atoms with van der Waals surface area (Å²) < 4.78 is 0.568. The van der Waals surface area contributed by atoms with Crippen molar-refractivity contribution in [3.05, 3.63) is 27.0 Å². The predicted octanol–water partition coefficient (Wildman–Crippen LogP) is 2.98. The van der Waals surface area contributed by atoms with Gasteiger partial charge < -0.3 is 10.0 Å². The molecule has 1 atom stereocenters. The van der Waals surface area contributed by atoms with E-state index in [4.69, 9.17) is 5.11 Å². The van der Waals surface area contributed by atoms with Crippen molar-refractivity contribution in [2.24, 2.45) is 0 Å². The quantitative estimate of drug-likeness (QED) is 0.642. The van der Waals surface area contributed by atoms with E-state index in [0.717, 1.165) is 19.3 Å². The van der Waals surface area contributed by atoms with Gasteiger partial charge in [0.15, 0.2) is 0 Å². The van der Waals surface area contributed by atoms with Crippen LogP contribution in [0.25, 0.3) is 0 Å². The highest BCUT2D eigenvalue weighted by Gasteiger charge is 2.30. The van der Waals surface area contributed by atoms with Gasteiger partial charge in [-0.25, -0.2) is 0 Å². The number of halogens is 1. The minimum atomic E-state index is -0.844. The molecule has 0 amide bonds. The van der Waals surface area contributed by atoms with Crippen molar-refractivity contribution >= 4 is 33.3 Å². The normalized spacial score (nSPS) is 18.5. The molecule has 1 aromatic rings. The standard InChI is InChI=1S/C13H16BrN3O4/c14-10-7-15-8-11(17(20)21)13(10)16-6-2-1-3-9(16)4-5-12(18)19/h7-9H,1-6H2,(H,18,19). The zero-order chi connectivity index (χ0) is 15.4. The molecule has 0 bridgehead atoms. The number of pyridine rings is 1. The Kier molecular flexibility index (Phi) is 5.11. The molecule has 1 fully saturated rings. The number of carboxylic acids is 1. The van der Waals surface area contributed by atoms with Crippen molar-refractivity contribution < 1.29 is 14.8 Å². The predicted molar refractivity (Wildman–Crippen MR) is 80.4 cm³/mol. The van der Waals surface area contributed by atoms with Gasteiger partial charge in [-0.05, 0) is 41.6 Å². The first-order valence-corrected chi connectivity index (χ1v) is 7.56. The van der Waals surface area contributed by atoms with Crippen LogP contribution >= 0.6 is 15.9 Å². The summed E-state index contributed by atoms with van der Waals surface area (Å²) in [5, 5.41) is 20.1. The molecule has 8 heteroatoms. The van der Waals surface area contributed by atoms with Crippen molar-refractivity contribution in [1.82, 2.24) is 4.98 Å². The van der Waals surface area contributed by atoms with Gasteiger partial charge in [0.05, 0.1) is 9.40 Å². The lowest BCUT2D eigenvalue weighted by atomic mass is 9.97. The molecule has 1 N–H and O–H groups in total. The maximum Gasteiger partial charge on any atom is 0.311 e. The van der Waals surface area contributed by atoms with E-state index < -0.39 is 10.9 Å². The minimum absolute atomic E-state index is 0.00671. The van der Waals surface area contributed by atoms with Crippen LogP contribution in [0.15, 0.2) is 16.9 Å². The van der Waals surface area contributed by atoms with E-state index in [1.165, 1.54) is 12.4 Å². The first-order chi connectivity index (χ1) is 10.0. The van der Waals surface area contributed by atoms with Gasteiger partial charge in [-0.3, -0.25) is 19.9 Å². The number of aliphatic carboxylic acids is 1. The monoisotopic (exact) mass is 357 g/mol. The van der Waals surface area contributed by atoms with Gasteiger partial charge in [-0.1, -0.05) is 0 Å². The summed E-state index contributed by atoms with van der Waals surface area (Å²) in [4.78, 5) is 27.4. The molecule has 0 spiro atoms. The van der Waals surface area contributed by atoms with E-state index in [1.807, 2.05) is 4.90 Å². The van der Waals surface area contributed by atoms with E-state index in [2.05, 4.69) is 20.9 Å². The van der Waals surface area contributed by atoms with Crippen LogP contribution in [0.1, 0.15) is 32.1 Å². The molecule has 2 heterocycles. The van der Waals surface area contributed by atoms with Crippen LogP contribution < -0.4 is 4.90 Å². The second kappa shape index (κ2) is 6.84. The largest absolute Gasteiger partial charge is 0.481 e. The molecule has 0 aromatic carbocycles. The van der Waals surface area contributed by atoms with Crippen molar-refractivity contribution in [2.45, 2.75) is 38.1 Å². The second-order valence-electron chi connectivity index (χ2n) is 5.02. The van der Waals surface area contributed by atoms with Crippen LogP contribution in [0, 0.1) is 10.1 Å². The molecule has 1 unspecified atom stereocenters. The summed E-state index contributed by atoms with van der Waals surface area (Å²) in [5.41, 5.74) is 0.455. The van der Waals surface area contributed by atoms with E-state index in [1.54, 1.807) is 0 Å². The molecule has 1 aliphatic rings. The number of rotatable bonds is 5. The van der Waals surface area contributed by atoms with E-state index >= 15 is 0 Å². The molecule has 1 aliphatic heterocycles. The Morgan fingerprint density at radius 1 is 1.52 bits per heavy atom. The number of piperidine rings is 1. The zero-order valence-corrected chi connectivity index (χ0v) is 13.0. The Morgan fingerprint density at radius 2 is 2.29 bits per heavy atom. The van der Waals surface area contributed by atoms with Gasteiger partial charge >= 0.3 is 11.7 Å². The Labute approximate surface area is 130 Å². The van der Waals surface area contributed by atoms with Crippen molar-refractivity contribution in [3.63, 3.8) is 0 Å². The summed E-state index contributed by atoms with van der Waals surface area (Å²) in [7, 11) is 0. The highest BCUT2D eigenvalue weighted by molar-refractivity contribution is 9.10. The lowest BCUT2D eigenvalue weighted by molar-refractivity contribution is -0.384. The molecule has 1 aromatic heterocycles. The molecule has 0 saturated carbocycles. The fraction of sp³-hybridized carbons (Fsp3) is 0.538. The zero-order valence-electron chi connectivity index (χ0n) is 11.4. The van der Waals surface area contributed by atoms with Crippen LogP contribution in [-0.2, 0) is 4.79 Å². The summed E-state index contributed by atoms with van der Waals surface area (Å²) in [5.74, 6) is -0.844. The summed E-state index contributed by atoms with van der Waals surface area (Å²) in [6, 6.07) is 0.00671. The molecule has 0 radical (unpaired) electrons. The summed E-state index contributed by atoms with van der Waals surface area (Å²) >= 11 is 3.33. The first-order valence-electron chi connectivity index (χ1n) is 6.77. The van der Waals surface area contributed by atoms with Crippen molar-refractivity contribution in [1.29, 1.82) is 0 Å². The minimum Gasteiger partial charge on any atom is -0.481 e. The molecule has 2 rings (SSSR count). The Bertz CT molecular complexity index is 552. The Morgan fingerprint density at radius 3 is 2.95 bits per heavy atom. The van der Waals surface area contributed by atoms with Crippen LogP contribution in [0.3, 0.4) is 0 Å². The number of aromatic nitrogens is 1. The smallest absolute Gasteiger partial charge is 0.311 e. The van der Waals surface area contributed by atoms with Crippen LogP contribution in [0.2, 0.25) is 0 Å². The van der Waals surface area contributed by atoms with Gasteiger partial charge in [0.25, 0.3) is 0 Å². The number of carbonyl (C=O) groups is 1. The van der Waals surface area contributed by atoms with E-state index in [9.17, 15) is 14.9 Å². The van der Waals surface area contributed by atoms with E-state index in [0.29, 0.717) is 23.1 Å². The van der Waals surface area contributed by atoms with Crippen LogP contribution in [0.4, 0.5) is 11.4 Å². The number of hydrogen-bond donors (Lipinski definition) is 1. The topological polar surface area (TPSA) is 96.6 Å². The number of anilines is 1. The Balaban J connectivity index is 2.33. The van der Waals surface area contributed by atoms with Crippen LogP contribution in [0.5, 0.6) is 0 Å². The maximum atomic E-state index is 11.2. The Hall–Kier alpha value is -1.70. The highest BCUT2D eigenvalue weighted by Crippen LogP contribution is 2.38. The van der Waals surface area contributed by atoms with Gasteiger partial charge in [-0.2, -0.15) is 0 Å². The number of nitro groups is 1. The van der Waals surface area contributed by atoms with Crippen molar-refractivity contribution in [2.75, 3.05) is 11.4 Å². The molecular formula is C13H16BrN3O4. The number of carboxylic acid groups (broad SMARTS) is 1. The van der Waals surface area contributed by atoms with Crippen LogP contribution in [-0.4, -0.2) is 33.6 Å². The average Bonchev–Trinajstić information content (AvgIpc) is 2.45. The fourth-order valence-electron chi connectivity index (χ4n) is 2.72. The molecule has 7 nitrogen and oxygen atoms in total. The summed E-state index contributed by atoms with van der Waals surface area (Å²) in [6.07, 6.45) is 6.12. The third kappa shape index (κ3) is 3.69. The number of nitrogens with zero attached hydrogens (tertiary/aromatic N) is 3. The lowest BCUT2D eigenvalue weighted by Gasteiger charge is -2.37. The second-order valence-corrected chi connectivity index (χ2v) is 5.88.